The lowest BCUT2D eigenvalue weighted by Crippen LogP contribution is -2.41. The molecule has 1 aromatic carbocycles. The summed E-state index contributed by atoms with van der Waals surface area (Å²) >= 11 is 0. The summed E-state index contributed by atoms with van der Waals surface area (Å²) in [6, 6.07) is 6.74. The molecule has 0 radical (unpaired) electrons. The number of fused-ring (bicyclic) bond motifs is 1. The van der Waals surface area contributed by atoms with Crippen LogP contribution in [0.5, 0.6) is 0 Å². The minimum atomic E-state index is -1.04. The van der Waals surface area contributed by atoms with Crippen LogP contribution in [0.2, 0.25) is 0 Å². The number of carbonyl (C=O) groups is 2. The van der Waals surface area contributed by atoms with Crippen LogP contribution in [0.1, 0.15) is 25.3 Å². The summed E-state index contributed by atoms with van der Waals surface area (Å²) < 4.78 is 0. The predicted octanol–water partition coefficient (Wildman–Crippen LogP) is 2.64. The van der Waals surface area contributed by atoms with Crippen LogP contribution in [0.4, 0.5) is 0 Å². The average Bonchev–Trinajstić information content (AvgIpc) is 2.90. The number of aromatic nitrogens is 1. The van der Waals surface area contributed by atoms with Gasteiger partial charge in [0, 0.05) is 23.5 Å². The number of para-hydroxylation sites is 1. The number of hydrogen-bond donors (Lipinski definition) is 3. The molecule has 2 rings (SSSR count). The average molecular weight is 300 g/mol. The first-order chi connectivity index (χ1) is 10.6. The van der Waals surface area contributed by atoms with E-state index in [0.717, 1.165) is 29.3 Å². The molecule has 1 atom stereocenters. The molecule has 116 valence electrons. The summed E-state index contributed by atoms with van der Waals surface area (Å²) in [6.07, 6.45) is 6.93. The normalized spacial score (nSPS) is 12.6. The van der Waals surface area contributed by atoms with Crippen molar-refractivity contribution in [3.8, 4) is 0 Å². The fourth-order valence-corrected chi connectivity index (χ4v) is 2.30. The highest BCUT2D eigenvalue weighted by molar-refractivity contribution is 5.91. The molecule has 1 amide bonds. The summed E-state index contributed by atoms with van der Waals surface area (Å²) in [5.41, 5.74) is 1.83. The van der Waals surface area contributed by atoms with Gasteiger partial charge >= 0.3 is 5.97 Å². The van der Waals surface area contributed by atoms with E-state index in [1.54, 1.807) is 12.3 Å². The first-order valence-electron chi connectivity index (χ1n) is 7.36. The number of carbonyl (C=O) groups excluding carboxylic acids is 1. The SMILES string of the molecule is CCC/C=C/C(=O)N[C@@H](Cc1c[nH]c2ccccc12)C(=O)O. The van der Waals surface area contributed by atoms with Crippen LogP contribution in [-0.2, 0) is 16.0 Å². The van der Waals surface area contributed by atoms with E-state index in [0.29, 0.717) is 0 Å². The molecule has 0 aliphatic rings. The predicted molar refractivity (Wildman–Crippen MR) is 85.6 cm³/mol. The number of nitrogens with one attached hydrogen (secondary N) is 2. The lowest BCUT2D eigenvalue weighted by atomic mass is 10.0. The van der Waals surface area contributed by atoms with Crippen molar-refractivity contribution in [2.24, 2.45) is 0 Å². The zero-order chi connectivity index (χ0) is 15.9. The Morgan fingerprint density at radius 1 is 1.36 bits per heavy atom. The van der Waals surface area contributed by atoms with Crippen molar-refractivity contribution < 1.29 is 14.7 Å². The molecule has 0 aliphatic heterocycles. The molecule has 5 heteroatoms. The maximum atomic E-state index is 11.8. The summed E-state index contributed by atoms with van der Waals surface area (Å²) in [5.74, 6) is -1.41. The molecule has 0 fully saturated rings. The standard InChI is InChI=1S/C17H20N2O3/c1-2-3-4-9-16(20)19-15(17(21)22)10-12-11-18-14-8-6-5-7-13(12)14/h4-9,11,15,18H,2-3,10H2,1H3,(H,19,20)(H,21,22)/b9-4+/t15-/m0/s1. The number of rotatable bonds is 7. The Bertz CT molecular complexity index is 688. The third-order valence-corrected chi connectivity index (χ3v) is 3.44. The smallest absolute Gasteiger partial charge is 0.326 e. The molecule has 2 aromatic rings. The van der Waals surface area contributed by atoms with Crippen molar-refractivity contribution in [1.29, 1.82) is 0 Å². The van der Waals surface area contributed by atoms with Gasteiger partial charge in [-0.05, 0) is 24.1 Å². The zero-order valence-corrected chi connectivity index (χ0v) is 12.5. The molecular weight excluding hydrogens is 280 g/mol. The largest absolute Gasteiger partial charge is 0.480 e. The molecule has 3 N–H and O–H groups in total. The molecule has 1 heterocycles. The number of carboxylic acid groups (broad SMARTS) is 1. The summed E-state index contributed by atoms with van der Waals surface area (Å²) in [4.78, 5) is 26.2. The molecule has 0 unspecified atom stereocenters. The van der Waals surface area contributed by atoms with Crippen LogP contribution in [0.3, 0.4) is 0 Å². The summed E-state index contributed by atoms with van der Waals surface area (Å²) in [5, 5.41) is 12.8. The van der Waals surface area contributed by atoms with Gasteiger partial charge in [0.25, 0.3) is 0 Å². The van der Waals surface area contributed by atoms with Crippen LogP contribution < -0.4 is 5.32 Å². The maximum absolute atomic E-state index is 11.8. The molecule has 1 aromatic heterocycles. The molecule has 0 saturated carbocycles. The van der Waals surface area contributed by atoms with Crippen LogP contribution in [0.25, 0.3) is 10.9 Å². The Morgan fingerprint density at radius 3 is 2.86 bits per heavy atom. The van der Waals surface area contributed by atoms with Crippen molar-refractivity contribution in [2.75, 3.05) is 0 Å². The number of aliphatic carboxylic acids is 1. The van der Waals surface area contributed by atoms with Crippen molar-refractivity contribution in [2.45, 2.75) is 32.2 Å². The summed E-state index contributed by atoms with van der Waals surface area (Å²) in [6.45, 7) is 2.01. The van der Waals surface area contributed by atoms with Gasteiger partial charge in [0.1, 0.15) is 6.04 Å². The van der Waals surface area contributed by atoms with Crippen LogP contribution in [-0.4, -0.2) is 28.0 Å². The first-order valence-corrected chi connectivity index (χ1v) is 7.36. The highest BCUT2D eigenvalue weighted by Crippen LogP contribution is 2.19. The van der Waals surface area contributed by atoms with Crippen molar-refractivity contribution in [3.63, 3.8) is 0 Å². The van der Waals surface area contributed by atoms with E-state index < -0.39 is 12.0 Å². The second kappa shape index (κ2) is 7.45. The minimum absolute atomic E-state index is 0.243. The summed E-state index contributed by atoms with van der Waals surface area (Å²) in [7, 11) is 0. The zero-order valence-electron chi connectivity index (χ0n) is 12.5. The van der Waals surface area contributed by atoms with E-state index in [1.165, 1.54) is 6.08 Å². The van der Waals surface area contributed by atoms with E-state index >= 15 is 0 Å². The second-order valence-electron chi connectivity index (χ2n) is 5.15. The third kappa shape index (κ3) is 3.97. The third-order valence-electron chi connectivity index (χ3n) is 3.44. The number of H-pyrrole nitrogens is 1. The first kappa shape index (κ1) is 15.8. The van der Waals surface area contributed by atoms with E-state index in [1.807, 2.05) is 31.2 Å². The van der Waals surface area contributed by atoms with Crippen molar-refractivity contribution >= 4 is 22.8 Å². The quantitative estimate of drug-likeness (QED) is 0.687. The maximum Gasteiger partial charge on any atom is 0.326 e. The Balaban J connectivity index is 2.09. The number of aromatic amines is 1. The molecule has 5 nitrogen and oxygen atoms in total. The van der Waals surface area contributed by atoms with Crippen LogP contribution in [0, 0.1) is 0 Å². The van der Waals surface area contributed by atoms with Gasteiger partial charge in [-0.1, -0.05) is 37.6 Å². The van der Waals surface area contributed by atoms with Gasteiger partial charge in [-0.25, -0.2) is 4.79 Å². The van der Waals surface area contributed by atoms with Gasteiger partial charge in [0.2, 0.25) is 5.91 Å². The van der Waals surface area contributed by atoms with Gasteiger partial charge < -0.3 is 15.4 Å². The number of amides is 1. The minimum Gasteiger partial charge on any atom is -0.480 e. The Hall–Kier alpha value is -2.56. The lowest BCUT2D eigenvalue weighted by molar-refractivity contribution is -0.141. The fraction of sp³-hybridized carbons (Fsp3) is 0.294. The van der Waals surface area contributed by atoms with E-state index in [4.69, 9.17) is 0 Å². The van der Waals surface area contributed by atoms with E-state index in [-0.39, 0.29) is 12.3 Å². The van der Waals surface area contributed by atoms with Gasteiger partial charge in [-0.3, -0.25) is 4.79 Å². The highest BCUT2D eigenvalue weighted by Gasteiger charge is 2.20. The van der Waals surface area contributed by atoms with Crippen LogP contribution >= 0.6 is 0 Å². The van der Waals surface area contributed by atoms with E-state index in [9.17, 15) is 14.7 Å². The number of hydrogen-bond acceptors (Lipinski definition) is 2. The Morgan fingerprint density at radius 2 is 2.14 bits per heavy atom. The van der Waals surface area contributed by atoms with Crippen LogP contribution in [0.15, 0.2) is 42.6 Å². The second-order valence-corrected chi connectivity index (χ2v) is 5.15. The topological polar surface area (TPSA) is 82.2 Å². The molecule has 0 aliphatic carbocycles. The molecule has 0 saturated heterocycles. The molecule has 0 spiro atoms. The number of benzene rings is 1. The van der Waals surface area contributed by atoms with Gasteiger partial charge in [-0.2, -0.15) is 0 Å². The highest BCUT2D eigenvalue weighted by atomic mass is 16.4. The van der Waals surface area contributed by atoms with Crippen molar-refractivity contribution in [1.82, 2.24) is 10.3 Å². The number of carboxylic acids is 1. The lowest BCUT2D eigenvalue weighted by Gasteiger charge is -2.12. The van der Waals surface area contributed by atoms with Gasteiger partial charge in [0.15, 0.2) is 0 Å². The number of unbranched alkanes of at least 4 members (excludes halogenated alkanes) is 1. The van der Waals surface area contributed by atoms with Gasteiger partial charge in [-0.15, -0.1) is 0 Å². The van der Waals surface area contributed by atoms with E-state index in [2.05, 4.69) is 10.3 Å². The molecular formula is C17H20N2O3. The molecule has 22 heavy (non-hydrogen) atoms. The Kier molecular flexibility index (Phi) is 5.36. The number of allylic oxidation sites excluding steroid dienone is 1. The molecule has 0 bridgehead atoms. The van der Waals surface area contributed by atoms with Gasteiger partial charge in [0.05, 0.1) is 0 Å². The monoisotopic (exact) mass is 300 g/mol. The Labute approximate surface area is 129 Å². The fourth-order valence-electron chi connectivity index (χ4n) is 2.30. The van der Waals surface area contributed by atoms with Crippen molar-refractivity contribution in [3.05, 3.63) is 48.2 Å².